The molecule has 0 aromatic heterocycles. The largest absolute Gasteiger partial charge is 0.312 e. The molecule has 0 aliphatic heterocycles. The minimum Gasteiger partial charge on any atom is -0.312 e. The summed E-state index contributed by atoms with van der Waals surface area (Å²) >= 11 is 0. The van der Waals surface area contributed by atoms with Gasteiger partial charge in [0.05, 0.1) is 6.07 Å². The summed E-state index contributed by atoms with van der Waals surface area (Å²) in [6.45, 7) is 6.43. The van der Waals surface area contributed by atoms with Crippen molar-refractivity contribution in [2.45, 2.75) is 70.4 Å². The molecule has 0 amide bonds. The molecule has 0 saturated heterocycles. The highest BCUT2D eigenvalue weighted by atomic mass is 15.2. The molecule has 2 aliphatic rings. The second-order valence-electron chi connectivity index (χ2n) is 7.02. The standard InChI is InChI=1S/C16H29N3/c1-13(2)9-10-19(15-5-3-4-6-15)12-16(18,11-17)14-7-8-14/h13-15H,3-10,12,18H2,1-2H3. The molecule has 0 aromatic rings. The fraction of sp³-hybridized carbons (Fsp3) is 0.938. The highest BCUT2D eigenvalue weighted by molar-refractivity contribution is 5.15. The summed E-state index contributed by atoms with van der Waals surface area (Å²) in [5.74, 6) is 1.17. The third-order valence-electron chi connectivity index (χ3n) is 4.81. The van der Waals surface area contributed by atoms with Crippen LogP contribution in [0.4, 0.5) is 0 Å². The molecule has 2 rings (SSSR count). The monoisotopic (exact) mass is 263 g/mol. The van der Waals surface area contributed by atoms with Crippen LogP contribution in [0, 0.1) is 23.2 Å². The zero-order valence-corrected chi connectivity index (χ0v) is 12.6. The van der Waals surface area contributed by atoms with Gasteiger partial charge < -0.3 is 5.73 Å². The van der Waals surface area contributed by atoms with Crippen LogP contribution in [0.15, 0.2) is 0 Å². The maximum absolute atomic E-state index is 9.46. The molecule has 3 heteroatoms. The Morgan fingerprint density at radius 2 is 1.89 bits per heavy atom. The lowest BCUT2D eigenvalue weighted by Gasteiger charge is -2.35. The Morgan fingerprint density at radius 3 is 2.37 bits per heavy atom. The quantitative estimate of drug-likeness (QED) is 0.768. The molecule has 2 N–H and O–H groups in total. The molecule has 2 saturated carbocycles. The van der Waals surface area contributed by atoms with E-state index in [9.17, 15) is 5.26 Å². The lowest BCUT2D eigenvalue weighted by molar-refractivity contribution is 0.154. The van der Waals surface area contributed by atoms with E-state index in [1.807, 2.05) is 0 Å². The van der Waals surface area contributed by atoms with Crippen molar-refractivity contribution in [2.75, 3.05) is 13.1 Å². The third-order valence-corrected chi connectivity index (χ3v) is 4.81. The Balaban J connectivity index is 1.97. The second-order valence-corrected chi connectivity index (χ2v) is 7.02. The summed E-state index contributed by atoms with van der Waals surface area (Å²) in [5, 5.41) is 9.46. The Bertz CT molecular complexity index is 323. The first-order valence-electron chi connectivity index (χ1n) is 7.99. The van der Waals surface area contributed by atoms with Crippen LogP contribution in [0.5, 0.6) is 0 Å². The summed E-state index contributed by atoms with van der Waals surface area (Å²) < 4.78 is 0. The molecule has 0 radical (unpaired) electrons. The normalized spacial score (nSPS) is 23.8. The third kappa shape index (κ3) is 3.94. The smallest absolute Gasteiger partial charge is 0.119 e. The number of hydrogen-bond donors (Lipinski definition) is 1. The average Bonchev–Trinajstić information content (AvgIpc) is 3.11. The maximum atomic E-state index is 9.46. The molecule has 0 bridgehead atoms. The van der Waals surface area contributed by atoms with Crippen LogP contribution in [0.1, 0.15) is 58.8 Å². The van der Waals surface area contributed by atoms with Gasteiger partial charge in [-0.3, -0.25) is 4.90 Å². The predicted molar refractivity (Wildman–Crippen MR) is 78.5 cm³/mol. The zero-order valence-electron chi connectivity index (χ0n) is 12.6. The summed E-state index contributed by atoms with van der Waals surface area (Å²) in [4.78, 5) is 2.54. The van der Waals surface area contributed by atoms with Crippen molar-refractivity contribution in [3.8, 4) is 6.07 Å². The molecular formula is C16H29N3. The van der Waals surface area contributed by atoms with E-state index in [-0.39, 0.29) is 0 Å². The molecular weight excluding hydrogens is 234 g/mol. The van der Waals surface area contributed by atoms with Gasteiger partial charge in [-0.1, -0.05) is 26.7 Å². The van der Waals surface area contributed by atoms with E-state index in [2.05, 4.69) is 24.8 Å². The van der Waals surface area contributed by atoms with E-state index in [0.29, 0.717) is 12.0 Å². The number of nitrogens with zero attached hydrogens (tertiary/aromatic N) is 2. The van der Waals surface area contributed by atoms with Crippen molar-refractivity contribution in [1.82, 2.24) is 4.90 Å². The van der Waals surface area contributed by atoms with Crippen LogP contribution in [0.2, 0.25) is 0 Å². The topological polar surface area (TPSA) is 53.0 Å². The molecule has 3 nitrogen and oxygen atoms in total. The SMILES string of the molecule is CC(C)CCN(CC(N)(C#N)C1CC1)C1CCCC1. The van der Waals surface area contributed by atoms with Gasteiger partial charge in [-0.25, -0.2) is 0 Å². The summed E-state index contributed by atoms with van der Waals surface area (Å²) in [5.41, 5.74) is 5.78. The van der Waals surface area contributed by atoms with Crippen molar-refractivity contribution in [3.05, 3.63) is 0 Å². The first kappa shape index (κ1) is 14.8. The first-order valence-corrected chi connectivity index (χ1v) is 7.99. The van der Waals surface area contributed by atoms with Gasteiger partial charge in [-0.15, -0.1) is 0 Å². The Kier molecular flexibility index (Phi) is 4.86. The summed E-state index contributed by atoms with van der Waals surface area (Å²) in [7, 11) is 0. The van der Waals surface area contributed by atoms with Gasteiger partial charge in [0.25, 0.3) is 0 Å². The number of nitriles is 1. The number of rotatable bonds is 7. The van der Waals surface area contributed by atoms with Crippen LogP contribution in [-0.2, 0) is 0 Å². The molecule has 0 spiro atoms. The second kappa shape index (κ2) is 6.24. The molecule has 0 aromatic carbocycles. The molecule has 19 heavy (non-hydrogen) atoms. The van der Waals surface area contributed by atoms with Gasteiger partial charge in [0.2, 0.25) is 0 Å². The highest BCUT2D eigenvalue weighted by Crippen LogP contribution is 2.39. The van der Waals surface area contributed by atoms with E-state index in [1.54, 1.807) is 0 Å². The van der Waals surface area contributed by atoms with Gasteiger partial charge in [-0.05, 0) is 50.5 Å². The van der Waals surface area contributed by atoms with Crippen molar-refractivity contribution in [1.29, 1.82) is 5.26 Å². The molecule has 2 aliphatic carbocycles. The van der Waals surface area contributed by atoms with Gasteiger partial charge in [0, 0.05) is 12.6 Å². The van der Waals surface area contributed by atoms with Crippen molar-refractivity contribution < 1.29 is 0 Å². The van der Waals surface area contributed by atoms with Crippen LogP contribution in [0.25, 0.3) is 0 Å². The Labute approximate surface area is 118 Å². The molecule has 1 unspecified atom stereocenters. The Morgan fingerprint density at radius 1 is 1.26 bits per heavy atom. The van der Waals surface area contributed by atoms with Crippen molar-refractivity contribution >= 4 is 0 Å². The zero-order chi connectivity index (χ0) is 13.9. The predicted octanol–water partition coefficient (Wildman–Crippen LogP) is 2.91. The van der Waals surface area contributed by atoms with E-state index < -0.39 is 5.54 Å². The van der Waals surface area contributed by atoms with E-state index >= 15 is 0 Å². The van der Waals surface area contributed by atoms with Crippen LogP contribution in [-0.4, -0.2) is 29.6 Å². The fourth-order valence-corrected chi connectivity index (χ4v) is 3.27. The van der Waals surface area contributed by atoms with Gasteiger partial charge >= 0.3 is 0 Å². The minimum atomic E-state index is -0.598. The van der Waals surface area contributed by atoms with Crippen molar-refractivity contribution in [3.63, 3.8) is 0 Å². The maximum Gasteiger partial charge on any atom is 0.119 e. The van der Waals surface area contributed by atoms with Crippen LogP contribution >= 0.6 is 0 Å². The van der Waals surface area contributed by atoms with Crippen molar-refractivity contribution in [2.24, 2.45) is 17.6 Å². The lowest BCUT2D eigenvalue weighted by atomic mass is 9.94. The molecule has 0 heterocycles. The minimum absolute atomic E-state index is 0.445. The molecule has 2 fully saturated rings. The number of hydrogen-bond acceptors (Lipinski definition) is 3. The average molecular weight is 263 g/mol. The molecule has 108 valence electrons. The first-order chi connectivity index (χ1) is 9.05. The van der Waals surface area contributed by atoms with E-state index in [4.69, 9.17) is 5.73 Å². The molecule has 1 atom stereocenters. The fourth-order valence-electron chi connectivity index (χ4n) is 3.27. The Hall–Kier alpha value is -0.590. The van der Waals surface area contributed by atoms with Gasteiger partial charge in [-0.2, -0.15) is 5.26 Å². The van der Waals surface area contributed by atoms with Gasteiger partial charge in [0.1, 0.15) is 5.54 Å². The van der Waals surface area contributed by atoms with Crippen LogP contribution in [0.3, 0.4) is 0 Å². The van der Waals surface area contributed by atoms with Crippen LogP contribution < -0.4 is 5.73 Å². The lowest BCUT2D eigenvalue weighted by Crippen LogP contribution is -2.53. The summed E-state index contributed by atoms with van der Waals surface area (Å²) in [6, 6.07) is 3.09. The highest BCUT2D eigenvalue weighted by Gasteiger charge is 2.44. The summed E-state index contributed by atoms with van der Waals surface area (Å²) in [6.07, 6.45) is 8.78. The van der Waals surface area contributed by atoms with E-state index in [0.717, 1.165) is 31.8 Å². The van der Waals surface area contributed by atoms with Gasteiger partial charge in [0.15, 0.2) is 0 Å². The number of nitrogens with two attached hydrogens (primary N) is 1. The van der Waals surface area contributed by atoms with E-state index in [1.165, 1.54) is 32.1 Å².